The zero-order valence-corrected chi connectivity index (χ0v) is 15.2. The van der Waals surface area contributed by atoms with E-state index in [0.717, 1.165) is 6.07 Å². The van der Waals surface area contributed by atoms with Crippen molar-refractivity contribution < 1.29 is 27.1 Å². The number of anilines is 1. The maximum atomic E-state index is 14.1. The Morgan fingerprint density at radius 3 is 2.61 bits per heavy atom. The van der Waals surface area contributed by atoms with Gasteiger partial charge in [0.25, 0.3) is 5.91 Å². The number of hydrogen-bond acceptors (Lipinski definition) is 3. The molecule has 2 aromatic carbocycles. The molecule has 28 heavy (non-hydrogen) atoms. The molecule has 1 heterocycles. The number of rotatable bonds is 3. The van der Waals surface area contributed by atoms with Crippen LogP contribution < -0.4 is 5.32 Å². The quantitative estimate of drug-likeness (QED) is 0.721. The number of nitriles is 1. The molecule has 9 heteroatoms. The van der Waals surface area contributed by atoms with Crippen LogP contribution in [0.15, 0.2) is 36.4 Å². The number of carbonyl (C=O) groups excluding carboxylic acids is 1. The van der Waals surface area contributed by atoms with Crippen LogP contribution >= 0.6 is 11.6 Å². The highest BCUT2D eigenvalue weighted by Crippen LogP contribution is 2.45. The van der Waals surface area contributed by atoms with E-state index in [-0.39, 0.29) is 22.7 Å². The molecule has 2 atom stereocenters. The Kier molecular flexibility index (Phi) is 5.08. The minimum atomic E-state index is -4.74. The first-order valence-electron chi connectivity index (χ1n) is 8.09. The summed E-state index contributed by atoms with van der Waals surface area (Å²) in [7, 11) is 0. The van der Waals surface area contributed by atoms with Gasteiger partial charge in [0.1, 0.15) is 11.9 Å². The molecule has 2 aromatic rings. The number of nitrogens with one attached hydrogen (secondary N) is 1. The minimum Gasteiger partial charge on any atom is -0.357 e. The molecule has 1 saturated heterocycles. The molecule has 1 aliphatic heterocycles. The number of amides is 1. The van der Waals surface area contributed by atoms with Crippen LogP contribution in [-0.2, 0) is 21.3 Å². The molecule has 4 nitrogen and oxygen atoms in total. The summed E-state index contributed by atoms with van der Waals surface area (Å²) >= 11 is 6.02. The van der Waals surface area contributed by atoms with E-state index in [2.05, 4.69) is 5.32 Å². The summed E-state index contributed by atoms with van der Waals surface area (Å²) in [5.41, 5.74) is -2.82. The van der Waals surface area contributed by atoms with E-state index in [9.17, 15) is 22.4 Å². The predicted octanol–water partition coefficient (Wildman–Crippen LogP) is 5.01. The van der Waals surface area contributed by atoms with Crippen LogP contribution in [0, 0.1) is 17.1 Å². The van der Waals surface area contributed by atoms with Gasteiger partial charge in [-0.25, -0.2) is 4.39 Å². The van der Waals surface area contributed by atoms with Gasteiger partial charge in [-0.15, -0.1) is 0 Å². The van der Waals surface area contributed by atoms with Crippen LogP contribution in [0.5, 0.6) is 0 Å². The number of hydrogen-bond donors (Lipinski definition) is 1. The monoisotopic (exact) mass is 412 g/mol. The third-order valence-corrected chi connectivity index (χ3v) is 4.79. The van der Waals surface area contributed by atoms with Gasteiger partial charge in [-0.3, -0.25) is 4.79 Å². The number of alkyl halides is 3. The molecule has 1 N–H and O–H groups in total. The van der Waals surface area contributed by atoms with Crippen molar-refractivity contribution in [3.63, 3.8) is 0 Å². The maximum Gasteiger partial charge on any atom is 0.417 e. The van der Waals surface area contributed by atoms with Crippen molar-refractivity contribution >= 4 is 23.2 Å². The second-order valence-electron chi connectivity index (χ2n) is 6.50. The predicted molar refractivity (Wildman–Crippen MR) is 93.0 cm³/mol. The lowest BCUT2D eigenvalue weighted by molar-refractivity contribution is -0.202. The number of halogens is 5. The van der Waals surface area contributed by atoms with Crippen molar-refractivity contribution in [3.05, 3.63) is 63.9 Å². The molecular weight excluding hydrogens is 400 g/mol. The third kappa shape index (κ3) is 3.68. The van der Waals surface area contributed by atoms with Gasteiger partial charge in [-0.1, -0.05) is 17.7 Å². The summed E-state index contributed by atoms with van der Waals surface area (Å²) in [6, 6.07) is 8.47. The highest BCUT2D eigenvalue weighted by Gasteiger charge is 2.49. The second kappa shape index (κ2) is 7.08. The highest BCUT2D eigenvalue weighted by molar-refractivity contribution is 6.31. The van der Waals surface area contributed by atoms with Gasteiger partial charge in [0.2, 0.25) is 0 Å². The molecule has 1 fully saturated rings. The molecule has 1 amide bonds. The summed E-state index contributed by atoms with van der Waals surface area (Å²) in [6.45, 7) is 1.57. The standard InChI is InChI=1S/C19H13ClF4N2O2/c1-18(16-13(20)3-2-4-14(16)21)8-15(28-18)17(27)26-11-6-5-10(9-25)12(7-11)19(22,23)24/h2-7,15H,8H2,1H3,(H,26,27). The number of ether oxygens (including phenoxy) is 1. The van der Waals surface area contributed by atoms with Crippen LogP contribution in [0.4, 0.5) is 23.2 Å². The van der Waals surface area contributed by atoms with Crippen molar-refractivity contribution in [1.82, 2.24) is 0 Å². The third-order valence-electron chi connectivity index (χ3n) is 4.47. The topological polar surface area (TPSA) is 62.1 Å². The Morgan fingerprint density at radius 1 is 1.36 bits per heavy atom. The zero-order valence-electron chi connectivity index (χ0n) is 14.4. The fourth-order valence-electron chi connectivity index (χ4n) is 3.15. The van der Waals surface area contributed by atoms with Crippen molar-refractivity contribution in [1.29, 1.82) is 5.26 Å². The molecule has 0 radical (unpaired) electrons. The average Bonchev–Trinajstić information content (AvgIpc) is 2.58. The van der Waals surface area contributed by atoms with Crippen LogP contribution in [0.3, 0.4) is 0 Å². The van der Waals surface area contributed by atoms with Crippen LogP contribution in [0.1, 0.15) is 30.0 Å². The Hall–Kier alpha value is -2.63. The molecule has 3 rings (SSSR count). The van der Waals surface area contributed by atoms with Gasteiger partial charge in [0, 0.05) is 22.7 Å². The van der Waals surface area contributed by atoms with E-state index in [1.54, 1.807) is 6.92 Å². The van der Waals surface area contributed by atoms with Crippen molar-refractivity contribution in [2.75, 3.05) is 5.32 Å². The molecular formula is C19H13ClF4N2O2. The second-order valence-corrected chi connectivity index (χ2v) is 6.90. The van der Waals surface area contributed by atoms with E-state index in [0.29, 0.717) is 6.07 Å². The maximum absolute atomic E-state index is 14.1. The summed E-state index contributed by atoms with van der Waals surface area (Å²) in [5.74, 6) is -1.25. The zero-order chi connectivity index (χ0) is 20.7. The van der Waals surface area contributed by atoms with Gasteiger partial charge < -0.3 is 10.1 Å². The lowest BCUT2D eigenvalue weighted by Crippen LogP contribution is -2.52. The first-order chi connectivity index (χ1) is 13.0. The van der Waals surface area contributed by atoms with E-state index in [1.807, 2.05) is 0 Å². The van der Waals surface area contributed by atoms with Gasteiger partial charge >= 0.3 is 6.18 Å². The van der Waals surface area contributed by atoms with Gasteiger partial charge in [-0.2, -0.15) is 18.4 Å². The average molecular weight is 413 g/mol. The highest BCUT2D eigenvalue weighted by atomic mass is 35.5. The van der Waals surface area contributed by atoms with Gasteiger partial charge in [0.15, 0.2) is 0 Å². The molecule has 0 saturated carbocycles. The van der Waals surface area contributed by atoms with E-state index >= 15 is 0 Å². The van der Waals surface area contributed by atoms with Crippen molar-refractivity contribution in [2.24, 2.45) is 0 Å². The van der Waals surface area contributed by atoms with Crippen LogP contribution in [0.25, 0.3) is 0 Å². The number of carbonyl (C=O) groups is 1. The van der Waals surface area contributed by atoms with Gasteiger partial charge in [-0.05, 0) is 37.3 Å². The smallest absolute Gasteiger partial charge is 0.357 e. The molecule has 2 unspecified atom stereocenters. The lowest BCUT2D eigenvalue weighted by atomic mass is 9.83. The van der Waals surface area contributed by atoms with E-state index < -0.39 is 40.7 Å². The Balaban J connectivity index is 1.74. The van der Waals surface area contributed by atoms with Crippen molar-refractivity contribution in [3.8, 4) is 6.07 Å². The normalized spacial score (nSPS) is 21.5. The molecule has 0 spiro atoms. The SMILES string of the molecule is CC1(c2c(F)cccc2Cl)CC(C(=O)Nc2ccc(C#N)c(C(F)(F)F)c2)O1. The fourth-order valence-corrected chi connectivity index (χ4v) is 3.51. The number of nitrogens with zero attached hydrogens (tertiary/aromatic N) is 1. The largest absolute Gasteiger partial charge is 0.417 e. The first kappa shape index (κ1) is 20.1. The Labute approximate surface area is 162 Å². The van der Waals surface area contributed by atoms with Gasteiger partial charge in [0.05, 0.1) is 22.8 Å². The minimum absolute atomic E-state index is 0.0991. The molecule has 0 aromatic heterocycles. The first-order valence-corrected chi connectivity index (χ1v) is 8.47. The summed E-state index contributed by atoms with van der Waals surface area (Å²) in [6.07, 6.45) is -5.62. The Bertz CT molecular complexity index is 959. The van der Waals surface area contributed by atoms with Crippen molar-refractivity contribution in [2.45, 2.75) is 31.2 Å². The van der Waals surface area contributed by atoms with E-state index in [1.165, 1.54) is 30.3 Å². The Morgan fingerprint density at radius 2 is 2.04 bits per heavy atom. The summed E-state index contributed by atoms with van der Waals surface area (Å²) < 4.78 is 58.7. The van der Waals surface area contributed by atoms with Crippen LogP contribution in [-0.4, -0.2) is 12.0 Å². The lowest BCUT2D eigenvalue weighted by Gasteiger charge is -2.45. The molecule has 1 aliphatic rings. The summed E-state index contributed by atoms with van der Waals surface area (Å²) in [4.78, 5) is 12.3. The molecule has 146 valence electrons. The fraction of sp³-hybridized carbons (Fsp3) is 0.263. The number of benzene rings is 2. The summed E-state index contributed by atoms with van der Waals surface area (Å²) in [5, 5.41) is 11.3. The molecule has 0 aliphatic carbocycles. The van der Waals surface area contributed by atoms with E-state index in [4.69, 9.17) is 21.6 Å². The van der Waals surface area contributed by atoms with Crippen LogP contribution in [0.2, 0.25) is 5.02 Å². The molecule has 0 bridgehead atoms.